The van der Waals surface area contributed by atoms with E-state index in [-0.39, 0.29) is 11.8 Å². The van der Waals surface area contributed by atoms with E-state index in [1.54, 1.807) is 24.1 Å². The molecule has 4 rings (SSSR count). The van der Waals surface area contributed by atoms with Gasteiger partial charge >= 0.3 is 0 Å². The quantitative estimate of drug-likeness (QED) is 0.681. The number of hydrogen-bond donors (Lipinski definition) is 0. The van der Waals surface area contributed by atoms with Crippen LogP contribution < -0.4 is 4.74 Å². The van der Waals surface area contributed by atoms with E-state index < -0.39 is 0 Å². The predicted octanol–water partition coefficient (Wildman–Crippen LogP) is 1.70. The lowest BCUT2D eigenvalue weighted by atomic mass is 10.2. The Kier molecular flexibility index (Phi) is 7.12. The summed E-state index contributed by atoms with van der Waals surface area (Å²) in [7, 11) is 1.67. The molecular formula is C24H32N4O4. The van der Waals surface area contributed by atoms with E-state index >= 15 is 0 Å². The maximum absolute atomic E-state index is 12.8. The fraction of sp³-hybridized carbons (Fsp3) is 0.500. The van der Waals surface area contributed by atoms with Crippen LogP contribution in [0.25, 0.3) is 0 Å². The van der Waals surface area contributed by atoms with Crippen molar-refractivity contribution in [1.82, 2.24) is 19.6 Å². The fourth-order valence-electron chi connectivity index (χ4n) is 4.25. The minimum absolute atomic E-state index is 0.0722. The highest BCUT2D eigenvalue weighted by Gasteiger charge is 2.27. The highest BCUT2D eigenvalue weighted by atomic mass is 16.5. The lowest BCUT2D eigenvalue weighted by Gasteiger charge is -2.38. The van der Waals surface area contributed by atoms with E-state index in [1.165, 1.54) is 5.56 Å². The highest BCUT2D eigenvalue weighted by molar-refractivity contribution is 5.91. The van der Waals surface area contributed by atoms with Gasteiger partial charge in [0.25, 0.3) is 5.91 Å². The number of benzene rings is 1. The van der Waals surface area contributed by atoms with Gasteiger partial charge in [-0.1, -0.05) is 12.1 Å². The predicted molar refractivity (Wildman–Crippen MR) is 121 cm³/mol. The van der Waals surface area contributed by atoms with Gasteiger partial charge in [0.05, 0.1) is 13.7 Å². The van der Waals surface area contributed by atoms with Crippen molar-refractivity contribution in [1.29, 1.82) is 0 Å². The molecule has 2 saturated heterocycles. The summed E-state index contributed by atoms with van der Waals surface area (Å²) in [6.45, 7) is 9.03. The monoisotopic (exact) mass is 440 g/mol. The van der Waals surface area contributed by atoms with Crippen LogP contribution in [-0.2, 0) is 11.3 Å². The molecule has 2 amide bonds. The van der Waals surface area contributed by atoms with Crippen molar-refractivity contribution in [3.8, 4) is 5.75 Å². The number of piperazine rings is 2. The van der Waals surface area contributed by atoms with Crippen molar-refractivity contribution in [3.63, 3.8) is 0 Å². The van der Waals surface area contributed by atoms with E-state index in [0.717, 1.165) is 44.2 Å². The average Bonchev–Trinajstić information content (AvgIpc) is 3.26. The van der Waals surface area contributed by atoms with Crippen LogP contribution in [0, 0.1) is 6.92 Å². The minimum atomic E-state index is -0.0722. The van der Waals surface area contributed by atoms with Crippen LogP contribution in [0.15, 0.2) is 40.8 Å². The Labute approximate surface area is 189 Å². The largest absolute Gasteiger partial charge is 0.497 e. The second-order valence-electron chi connectivity index (χ2n) is 8.48. The third kappa shape index (κ3) is 5.49. The second-order valence-corrected chi connectivity index (χ2v) is 8.48. The smallest absolute Gasteiger partial charge is 0.289 e. The summed E-state index contributed by atoms with van der Waals surface area (Å²) < 4.78 is 10.7. The SMILES string of the molecule is COc1ccc(CN2CCN(C(=O)CN3CCN(C(=O)c4ccc(C)o4)CC3)CC2)cc1. The number of carbonyl (C=O) groups is 2. The second kappa shape index (κ2) is 10.2. The molecule has 2 aromatic rings. The van der Waals surface area contributed by atoms with Crippen LogP contribution in [0.4, 0.5) is 0 Å². The molecule has 0 spiro atoms. The number of aryl methyl sites for hydroxylation is 1. The van der Waals surface area contributed by atoms with Crippen molar-refractivity contribution in [2.75, 3.05) is 66.0 Å². The lowest BCUT2D eigenvalue weighted by molar-refractivity contribution is -0.134. The van der Waals surface area contributed by atoms with Crippen LogP contribution in [-0.4, -0.2) is 97.4 Å². The molecule has 1 aromatic heterocycles. The van der Waals surface area contributed by atoms with Crippen molar-refractivity contribution < 1.29 is 18.7 Å². The molecule has 2 fully saturated rings. The van der Waals surface area contributed by atoms with Gasteiger partial charge in [0, 0.05) is 58.9 Å². The zero-order valence-electron chi connectivity index (χ0n) is 19.0. The number of rotatable bonds is 6. The first-order valence-electron chi connectivity index (χ1n) is 11.2. The first kappa shape index (κ1) is 22.4. The maximum atomic E-state index is 12.8. The van der Waals surface area contributed by atoms with Crippen LogP contribution in [0.2, 0.25) is 0 Å². The molecule has 0 unspecified atom stereocenters. The summed E-state index contributed by atoms with van der Waals surface area (Å²) in [4.78, 5) is 33.6. The molecule has 8 heteroatoms. The standard InChI is InChI=1S/C24H32N4O4/c1-19-3-8-22(32-19)24(30)28-15-11-26(12-16-28)18-23(29)27-13-9-25(10-14-27)17-20-4-6-21(31-2)7-5-20/h3-8H,9-18H2,1-2H3. The van der Waals surface area contributed by atoms with Gasteiger partial charge in [-0.25, -0.2) is 0 Å². The van der Waals surface area contributed by atoms with Gasteiger partial charge in [0.2, 0.25) is 5.91 Å². The molecule has 172 valence electrons. The third-order valence-electron chi connectivity index (χ3n) is 6.26. The highest BCUT2D eigenvalue weighted by Crippen LogP contribution is 2.15. The minimum Gasteiger partial charge on any atom is -0.497 e. The number of amides is 2. The normalized spacial score (nSPS) is 18.1. The van der Waals surface area contributed by atoms with Crippen LogP contribution in [0.1, 0.15) is 21.9 Å². The topological polar surface area (TPSA) is 69.5 Å². The van der Waals surface area contributed by atoms with Crippen molar-refractivity contribution in [3.05, 3.63) is 53.5 Å². The van der Waals surface area contributed by atoms with Crippen molar-refractivity contribution in [2.24, 2.45) is 0 Å². The van der Waals surface area contributed by atoms with Crippen LogP contribution in [0.5, 0.6) is 5.75 Å². The summed E-state index contributed by atoms with van der Waals surface area (Å²) in [6, 6.07) is 11.7. The van der Waals surface area contributed by atoms with Crippen LogP contribution >= 0.6 is 0 Å². The Morgan fingerprint density at radius 1 is 0.844 bits per heavy atom. The molecule has 3 heterocycles. The molecule has 2 aliphatic rings. The molecule has 8 nitrogen and oxygen atoms in total. The summed E-state index contributed by atoms with van der Waals surface area (Å²) in [6.07, 6.45) is 0. The molecule has 1 aromatic carbocycles. The molecule has 0 saturated carbocycles. The third-order valence-corrected chi connectivity index (χ3v) is 6.26. The van der Waals surface area contributed by atoms with E-state index in [4.69, 9.17) is 9.15 Å². The Hall–Kier alpha value is -2.84. The summed E-state index contributed by atoms with van der Waals surface area (Å²) in [5.41, 5.74) is 1.25. The molecule has 0 atom stereocenters. The number of hydrogen-bond acceptors (Lipinski definition) is 6. The molecule has 2 aliphatic heterocycles. The molecule has 0 N–H and O–H groups in total. The average molecular weight is 441 g/mol. The Bertz CT molecular complexity index is 910. The zero-order chi connectivity index (χ0) is 22.5. The van der Waals surface area contributed by atoms with Gasteiger partial charge in [0.1, 0.15) is 11.5 Å². The summed E-state index contributed by atoms with van der Waals surface area (Å²) in [5, 5.41) is 0. The van der Waals surface area contributed by atoms with Crippen LogP contribution in [0.3, 0.4) is 0 Å². The first-order valence-corrected chi connectivity index (χ1v) is 11.2. The Morgan fingerprint density at radius 2 is 1.47 bits per heavy atom. The Balaban J connectivity index is 1.18. The van der Waals surface area contributed by atoms with E-state index in [9.17, 15) is 9.59 Å². The number of ether oxygens (including phenoxy) is 1. The van der Waals surface area contributed by atoms with E-state index in [0.29, 0.717) is 38.5 Å². The van der Waals surface area contributed by atoms with Gasteiger partial charge in [-0.2, -0.15) is 0 Å². The number of carbonyl (C=O) groups excluding carboxylic acids is 2. The first-order chi connectivity index (χ1) is 15.5. The number of methoxy groups -OCH3 is 1. The molecule has 0 radical (unpaired) electrons. The van der Waals surface area contributed by atoms with Crippen molar-refractivity contribution >= 4 is 11.8 Å². The van der Waals surface area contributed by atoms with E-state index in [1.807, 2.05) is 24.0 Å². The summed E-state index contributed by atoms with van der Waals surface area (Å²) in [5.74, 6) is 2.10. The number of nitrogens with zero attached hydrogens (tertiary/aromatic N) is 4. The zero-order valence-corrected chi connectivity index (χ0v) is 19.0. The van der Waals surface area contributed by atoms with Gasteiger partial charge in [-0.05, 0) is 36.8 Å². The van der Waals surface area contributed by atoms with Gasteiger partial charge < -0.3 is 19.0 Å². The Morgan fingerprint density at radius 3 is 2.06 bits per heavy atom. The van der Waals surface area contributed by atoms with Gasteiger partial charge in [-0.15, -0.1) is 0 Å². The number of furan rings is 1. The van der Waals surface area contributed by atoms with E-state index in [2.05, 4.69) is 21.9 Å². The summed E-state index contributed by atoms with van der Waals surface area (Å²) >= 11 is 0. The molecular weight excluding hydrogens is 408 g/mol. The lowest BCUT2D eigenvalue weighted by Crippen LogP contribution is -2.54. The van der Waals surface area contributed by atoms with Crippen molar-refractivity contribution in [2.45, 2.75) is 13.5 Å². The van der Waals surface area contributed by atoms with Gasteiger partial charge in [-0.3, -0.25) is 19.4 Å². The molecule has 0 aliphatic carbocycles. The molecule has 0 bridgehead atoms. The fourth-order valence-corrected chi connectivity index (χ4v) is 4.25. The maximum Gasteiger partial charge on any atom is 0.289 e. The van der Waals surface area contributed by atoms with Gasteiger partial charge in [0.15, 0.2) is 5.76 Å². The molecule has 32 heavy (non-hydrogen) atoms.